The van der Waals surface area contributed by atoms with Crippen molar-refractivity contribution in [2.24, 2.45) is 5.92 Å². The molecule has 138 valence electrons. The van der Waals surface area contributed by atoms with Crippen molar-refractivity contribution >= 4 is 39.1 Å². The van der Waals surface area contributed by atoms with E-state index in [-0.39, 0.29) is 11.8 Å². The van der Waals surface area contributed by atoms with E-state index >= 15 is 0 Å². The minimum absolute atomic E-state index is 0.0789. The SMILES string of the molecule is CCC(=O)Nc1cccc(NC(=O)c2cc(Br)ccc2OCC(C)C)c1. The summed E-state index contributed by atoms with van der Waals surface area (Å²) in [7, 11) is 0. The molecule has 0 bridgehead atoms. The van der Waals surface area contributed by atoms with Crippen molar-refractivity contribution in [1.29, 1.82) is 0 Å². The summed E-state index contributed by atoms with van der Waals surface area (Å²) < 4.78 is 6.56. The van der Waals surface area contributed by atoms with Crippen LogP contribution in [-0.4, -0.2) is 18.4 Å². The van der Waals surface area contributed by atoms with Gasteiger partial charge in [0.05, 0.1) is 12.2 Å². The molecule has 5 nitrogen and oxygen atoms in total. The highest BCUT2D eigenvalue weighted by molar-refractivity contribution is 9.10. The second kappa shape index (κ2) is 9.38. The molecule has 6 heteroatoms. The normalized spacial score (nSPS) is 10.5. The summed E-state index contributed by atoms with van der Waals surface area (Å²) in [5.41, 5.74) is 1.68. The van der Waals surface area contributed by atoms with Crippen LogP contribution in [0.5, 0.6) is 5.75 Å². The molecule has 0 heterocycles. The Labute approximate surface area is 162 Å². The van der Waals surface area contributed by atoms with Crippen LogP contribution in [0.4, 0.5) is 11.4 Å². The first-order valence-electron chi connectivity index (χ1n) is 8.52. The number of anilines is 2. The topological polar surface area (TPSA) is 67.4 Å². The zero-order valence-electron chi connectivity index (χ0n) is 15.1. The number of hydrogen-bond donors (Lipinski definition) is 2. The van der Waals surface area contributed by atoms with E-state index < -0.39 is 0 Å². The van der Waals surface area contributed by atoms with Crippen molar-refractivity contribution in [3.05, 3.63) is 52.5 Å². The molecule has 2 N–H and O–H groups in total. The predicted molar refractivity (Wildman–Crippen MR) is 108 cm³/mol. The molecule has 0 aromatic heterocycles. The van der Waals surface area contributed by atoms with Gasteiger partial charge in [-0.2, -0.15) is 0 Å². The van der Waals surface area contributed by atoms with Crippen molar-refractivity contribution in [2.45, 2.75) is 27.2 Å². The van der Waals surface area contributed by atoms with Gasteiger partial charge in [-0.15, -0.1) is 0 Å². The van der Waals surface area contributed by atoms with Gasteiger partial charge in [0, 0.05) is 22.3 Å². The quantitative estimate of drug-likeness (QED) is 0.658. The summed E-state index contributed by atoms with van der Waals surface area (Å²) in [6, 6.07) is 12.4. The molecule has 26 heavy (non-hydrogen) atoms. The first kappa shape index (κ1) is 20.0. The minimum Gasteiger partial charge on any atom is -0.492 e. The van der Waals surface area contributed by atoms with Crippen LogP contribution in [0, 0.1) is 5.92 Å². The summed E-state index contributed by atoms with van der Waals surface area (Å²) in [5.74, 6) is 0.539. The van der Waals surface area contributed by atoms with E-state index in [2.05, 4.69) is 40.4 Å². The van der Waals surface area contributed by atoms with Crippen molar-refractivity contribution in [2.75, 3.05) is 17.2 Å². The smallest absolute Gasteiger partial charge is 0.259 e. The molecule has 0 aliphatic rings. The molecule has 0 spiro atoms. The maximum atomic E-state index is 12.7. The van der Waals surface area contributed by atoms with E-state index in [9.17, 15) is 9.59 Å². The molecule has 0 unspecified atom stereocenters. The summed E-state index contributed by atoms with van der Waals surface area (Å²) >= 11 is 3.39. The Morgan fingerprint density at radius 2 is 1.77 bits per heavy atom. The Morgan fingerprint density at radius 3 is 2.42 bits per heavy atom. The molecular formula is C20H23BrN2O3. The van der Waals surface area contributed by atoms with Gasteiger partial charge in [-0.05, 0) is 42.3 Å². The third-order valence-corrected chi connectivity index (χ3v) is 3.98. The fourth-order valence-electron chi connectivity index (χ4n) is 2.18. The zero-order chi connectivity index (χ0) is 19.1. The lowest BCUT2D eigenvalue weighted by molar-refractivity contribution is -0.115. The third kappa shape index (κ3) is 5.88. The van der Waals surface area contributed by atoms with Crippen molar-refractivity contribution in [3.8, 4) is 5.75 Å². The summed E-state index contributed by atoms with van der Waals surface area (Å²) in [6.45, 7) is 6.41. The van der Waals surface area contributed by atoms with Gasteiger partial charge in [0.15, 0.2) is 0 Å². The van der Waals surface area contributed by atoms with E-state index in [0.29, 0.717) is 41.6 Å². The zero-order valence-corrected chi connectivity index (χ0v) is 16.7. The highest BCUT2D eigenvalue weighted by Crippen LogP contribution is 2.25. The molecule has 0 saturated heterocycles. The summed E-state index contributed by atoms with van der Waals surface area (Å²) in [5, 5.41) is 5.63. The van der Waals surface area contributed by atoms with Crippen molar-refractivity contribution < 1.29 is 14.3 Å². The van der Waals surface area contributed by atoms with Crippen LogP contribution in [0.1, 0.15) is 37.6 Å². The van der Waals surface area contributed by atoms with Crippen LogP contribution in [-0.2, 0) is 4.79 Å². The molecule has 2 aromatic carbocycles. The van der Waals surface area contributed by atoms with Crippen molar-refractivity contribution in [1.82, 2.24) is 0 Å². The molecule has 2 aromatic rings. The maximum absolute atomic E-state index is 12.7. The molecule has 0 atom stereocenters. The number of nitrogens with one attached hydrogen (secondary N) is 2. The maximum Gasteiger partial charge on any atom is 0.259 e. The number of carbonyl (C=O) groups excluding carboxylic acids is 2. The van der Waals surface area contributed by atoms with Crippen LogP contribution in [0.3, 0.4) is 0 Å². The van der Waals surface area contributed by atoms with Crippen LogP contribution in [0.15, 0.2) is 46.9 Å². The van der Waals surface area contributed by atoms with Gasteiger partial charge < -0.3 is 15.4 Å². The molecule has 2 rings (SSSR count). The van der Waals surface area contributed by atoms with Gasteiger partial charge in [-0.3, -0.25) is 9.59 Å². The first-order chi connectivity index (χ1) is 12.4. The predicted octanol–water partition coefficient (Wildman–Crippen LogP) is 5.08. The van der Waals surface area contributed by atoms with Gasteiger partial charge in [0.1, 0.15) is 5.75 Å². The monoisotopic (exact) mass is 418 g/mol. The van der Waals surface area contributed by atoms with Crippen LogP contribution < -0.4 is 15.4 Å². The Morgan fingerprint density at radius 1 is 1.08 bits per heavy atom. The lowest BCUT2D eigenvalue weighted by Gasteiger charge is -2.14. The highest BCUT2D eigenvalue weighted by Gasteiger charge is 2.14. The Kier molecular flexibility index (Phi) is 7.21. The van der Waals surface area contributed by atoms with Crippen LogP contribution in [0.2, 0.25) is 0 Å². The first-order valence-corrected chi connectivity index (χ1v) is 9.32. The number of hydrogen-bond acceptors (Lipinski definition) is 3. The van der Waals surface area contributed by atoms with Crippen LogP contribution >= 0.6 is 15.9 Å². The van der Waals surface area contributed by atoms with E-state index in [1.807, 2.05) is 6.07 Å². The molecule has 0 radical (unpaired) electrons. The second-order valence-electron chi connectivity index (χ2n) is 6.28. The van der Waals surface area contributed by atoms with Gasteiger partial charge in [0.25, 0.3) is 5.91 Å². The lowest BCUT2D eigenvalue weighted by Crippen LogP contribution is -2.15. The lowest BCUT2D eigenvalue weighted by atomic mass is 10.1. The number of carbonyl (C=O) groups is 2. The Bertz CT molecular complexity index is 790. The fraction of sp³-hybridized carbons (Fsp3) is 0.300. The number of halogens is 1. The van der Waals surface area contributed by atoms with Gasteiger partial charge >= 0.3 is 0 Å². The van der Waals surface area contributed by atoms with Gasteiger partial charge in [0.2, 0.25) is 5.91 Å². The van der Waals surface area contributed by atoms with Gasteiger partial charge in [-0.25, -0.2) is 0 Å². The Hall–Kier alpha value is -2.34. The number of amides is 2. The standard InChI is InChI=1S/C20H23BrN2O3/c1-4-19(24)22-15-6-5-7-16(11-15)23-20(25)17-10-14(21)8-9-18(17)26-12-13(2)3/h5-11,13H,4,12H2,1-3H3,(H,22,24)(H,23,25). The van der Waals surface area contributed by atoms with E-state index in [4.69, 9.17) is 4.74 Å². The van der Waals surface area contributed by atoms with Crippen molar-refractivity contribution in [3.63, 3.8) is 0 Å². The summed E-state index contributed by atoms with van der Waals surface area (Å²) in [4.78, 5) is 24.2. The molecule has 0 aliphatic heterocycles. The largest absolute Gasteiger partial charge is 0.492 e. The number of ether oxygens (including phenoxy) is 1. The molecule has 0 saturated carbocycles. The second-order valence-corrected chi connectivity index (χ2v) is 7.20. The van der Waals surface area contributed by atoms with E-state index in [1.165, 1.54) is 0 Å². The van der Waals surface area contributed by atoms with E-state index in [0.717, 1.165) is 4.47 Å². The molecule has 0 fully saturated rings. The van der Waals surface area contributed by atoms with E-state index in [1.54, 1.807) is 43.3 Å². The minimum atomic E-state index is -0.274. The average molecular weight is 419 g/mol. The van der Waals surface area contributed by atoms with Crippen LogP contribution in [0.25, 0.3) is 0 Å². The molecular weight excluding hydrogens is 396 g/mol. The fourth-order valence-corrected chi connectivity index (χ4v) is 2.55. The summed E-state index contributed by atoms with van der Waals surface area (Å²) in [6.07, 6.45) is 0.394. The third-order valence-electron chi connectivity index (χ3n) is 3.48. The average Bonchev–Trinajstić information content (AvgIpc) is 2.60. The molecule has 2 amide bonds. The molecule has 0 aliphatic carbocycles. The number of rotatable bonds is 7. The Balaban J connectivity index is 2.18. The number of benzene rings is 2. The highest BCUT2D eigenvalue weighted by atomic mass is 79.9. The van der Waals surface area contributed by atoms with Gasteiger partial charge in [-0.1, -0.05) is 42.8 Å².